The molecule has 0 saturated carbocycles. The number of fused-ring (bicyclic) bond motifs is 1. The molecule has 2 rings (SSSR count). The second kappa shape index (κ2) is 2.85. The Morgan fingerprint density at radius 3 is 2.20 bits per heavy atom. The van der Waals surface area contributed by atoms with Gasteiger partial charge in [0.05, 0.1) is 5.60 Å². The zero-order valence-corrected chi connectivity index (χ0v) is 10.3. The minimum atomic E-state index is -0.669. The molecule has 1 aromatic rings. The number of benzene rings is 1. The Bertz CT molecular complexity index is 400. The van der Waals surface area contributed by atoms with Crippen LogP contribution in [0.15, 0.2) is 18.2 Å². The predicted octanol–water partition coefficient (Wildman–Crippen LogP) is 3.31. The molecule has 0 fully saturated rings. The van der Waals surface area contributed by atoms with Crippen molar-refractivity contribution >= 4 is 0 Å². The van der Waals surface area contributed by atoms with Crippen molar-refractivity contribution in [1.82, 2.24) is 0 Å². The minimum absolute atomic E-state index is 0.118. The van der Waals surface area contributed by atoms with E-state index in [1.807, 2.05) is 6.92 Å². The van der Waals surface area contributed by atoms with Crippen molar-refractivity contribution in [2.24, 2.45) is 0 Å². The van der Waals surface area contributed by atoms with E-state index in [4.69, 9.17) is 0 Å². The van der Waals surface area contributed by atoms with Gasteiger partial charge in [-0.15, -0.1) is 0 Å². The lowest BCUT2D eigenvalue weighted by Gasteiger charge is -2.52. The monoisotopic (exact) mass is 204 g/mol. The second-order valence-electron chi connectivity index (χ2n) is 5.66. The maximum absolute atomic E-state index is 10.3. The molecular formula is C14H20O. The van der Waals surface area contributed by atoms with E-state index in [-0.39, 0.29) is 5.41 Å². The van der Waals surface area contributed by atoms with Gasteiger partial charge in [-0.3, -0.25) is 0 Å². The van der Waals surface area contributed by atoms with Gasteiger partial charge in [0.15, 0.2) is 0 Å². The maximum Gasteiger partial charge on any atom is 0.0962 e. The van der Waals surface area contributed by atoms with Crippen molar-refractivity contribution in [3.05, 3.63) is 34.9 Å². The molecule has 1 unspecified atom stereocenters. The highest BCUT2D eigenvalue weighted by Crippen LogP contribution is 2.54. The highest BCUT2D eigenvalue weighted by Gasteiger charge is 2.53. The number of hydrogen-bond donors (Lipinski definition) is 1. The molecule has 1 aliphatic rings. The molecule has 1 nitrogen and oxygen atoms in total. The molecule has 0 saturated heterocycles. The van der Waals surface area contributed by atoms with Gasteiger partial charge in [0.25, 0.3) is 0 Å². The van der Waals surface area contributed by atoms with Crippen molar-refractivity contribution in [3.8, 4) is 0 Å². The van der Waals surface area contributed by atoms with Gasteiger partial charge in [-0.2, -0.15) is 0 Å². The zero-order chi connectivity index (χ0) is 11.4. The van der Waals surface area contributed by atoms with E-state index in [1.165, 1.54) is 11.1 Å². The molecule has 1 N–H and O–H groups in total. The summed E-state index contributed by atoms with van der Waals surface area (Å²) in [6.45, 7) is 10.5. The predicted molar refractivity (Wildman–Crippen MR) is 63.1 cm³/mol. The maximum atomic E-state index is 10.3. The van der Waals surface area contributed by atoms with E-state index in [1.54, 1.807) is 0 Å². The van der Waals surface area contributed by atoms with Crippen molar-refractivity contribution in [2.75, 3.05) is 0 Å². The standard InChI is InChI=1S/C14H20O/c1-9(2)10-6-7-11-12(8-10)13(3,4)14(11,5)15/h6-9,15H,1-5H3. The summed E-state index contributed by atoms with van der Waals surface area (Å²) in [4.78, 5) is 0. The quantitative estimate of drug-likeness (QED) is 0.744. The highest BCUT2D eigenvalue weighted by molar-refractivity contribution is 5.52. The average molecular weight is 204 g/mol. The van der Waals surface area contributed by atoms with Gasteiger partial charge >= 0.3 is 0 Å². The molecule has 0 radical (unpaired) electrons. The van der Waals surface area contributed by atoms with Crippen LogP contribution in [0.4, 0.5) is 0 Å². The van der Waals surface area contributed by atoms with Crippen LogP contribution in [0.3, 0.4) is 0 Å². The first kappa shape index (κ1) is 10.7. The van der Waals surface area contributed by atoms with Crippen LogP contribution in [-0.4, -0.2) is 5.11 Å². The minimum Gasteiger partial charge on any atom is -0.385 e. The summed E-state index contributed by atoms with van der Waals surface area (Å²) < 4.78 is 0. The molecule has 15 heavy (non-hydrogen) atoms. The number of hydrogen-bond acceptors (Lipinski definition) is 1. The molecule has 1 aromatic carbocycles. The Kier molecular flexibility index (Phi) is 2.03. The molecule has 0 amide bonds. The first-order chi connectivity index (χ1) is 6.78. The van der Waals surface area contributed by atoms with Crippen LogP contribution in [-0.2, 0) is 11.0 Å². The van der Waals surface area contributed by atoms with Crippen LogP contribution in [0.2, 0.25) is 0 Å². The molecule has 1 heteroatoms. The fourth-order valence-corrected chi connectivity index (χ4v) is 2.40. The molecule has 0 aliphatic heterocycles. The Morgan fingerprint density at radius 1 is 1.07 bits per heavy atom. The summed E-state index contributed by atoms with van der Waals surface area (Å²) in [6.07, 6.45) is 0. The van der Waals surface area contributed by atoms with Crippen molar-refractivity contribution in [2.45, 2.75) is 51.6 Å². The van der Waals surface area contributed by atoms with Gasteiger partial charge in [-0.05, 0) is 29.5 Å². The van der Waals surface area contributed by atoms with Gasteiger partial charge in [0.1, 0.15) is 0 Å². The topological polar surface area (TPSA) is 20.2 Å². The lowest BCUT2D eigenvalue weighted by molar-refractivity contribution is -0.0457. The molecule has 0 aromatic heterocycles. The third-order valence-corrected chi connectivity index (χ3v) is 4.13. The van der Waals surface area contributed by atoms with E-state index < -0.39 is 5.60 Å². The first-order valence-electron chi connectivity index (χ1n) is 5.66. The normalized spacial score (nSPS) is 27.4. The Morgan fingerprint density at radius 2 is 1.67 bits per heavy atom. The Hall–Kier alpha value is -0.820. The third-order valence-electron chi connectivity index (χ3n) is 4.13. The van der Waals surface area contributed by atoms with Crippen LogP contribution in [0.5, 0.6) is 0 Å². The van der Waals surface area contributed by atoms with Gasteiger partial charge in [-0.25, -0.2) is 0 Å². The van der Waals surface area contributed by atoms with Crippen LogP contribution >= 0.6 is 0 Å². The fourth-order valence-electron chi connectivity index (χ4n) is 2.40. The molecule has 82 valence electrons. The molecule has 0 bridgehead atoms. The third kappa shape index (κ3) is 1.19. The molecule has 0 spiro atoms. The van der Waals surface area contributed by atoms with Crippen LogP contribution in [0.1, 0.15) is 57.2 Å². The van der Waals surface area contributed by atoms with E-state index in [9.17, 15) is 5.11 Å². The van der Waals surface area contributed by atoms with Crippen molar-refractivity contribution in [3.63, 3.8) is 0 Å². The summed E-state index contributed by atoms with van der Waals surface area (Å²) in [6, 6.07) is 6.46. The summed E-state index contributed by atoms with van der Waals surface area (Å²) >= 11 is 0. The van der Waals surface area contributed by atoms with E-state index >= 15 is 0 Å². The van der Waals surface area contributed by atoms with Crippen LogP contribution in [0.25, 0.3) is 0 Å². The van der Waals surface area contributed by atoms with Crippen molar-refractivity contribution in [1.29, 1.82) is 0 Å². The summed E-state index contributed by atoms with van der Waals surface area (Å²) in [5, 5.41) is 10.3. The van der Waals surface area contributed by atoms with Crippen LogP contribution in [0, 0.1) is 0 Å². The smallest absolute Gasteiger partial charge is 0.0962 e. The van der Waals surface area contributed by atoms with E-state index in [0.29, 0.717) is 5.92 Å². The second-order valence-corrected chi connectivity index (χ2v) is 5.66. The number of aliphatic hydroxyl groups is 1. The van der Waals surface area contributed by atoms with E-state index in [0.717, 1.165) is 5.56 Å². The Balaban J connectivity index is 2.54. The molecule has 1 aliphatic carbocycles. The summed E-state index contributed by atoms with van der Waals surface area (Å²) in [5.74, 6) is 0.552. The largest absolute Gasteiger partial charge is 0.385 e. The van der Waals surface area contributed by atoms with E-state index in [2.05, 4.69) is 45.9 Å². The lowest BCUT2D eigenvalue weighted by atomic mass is 9.55. The number of rotatable bonds is 1. The highest BCUT2D eigenvalue weighted by atomic mass is 16.3. The molecular weight excluding hydrogens is 184 g/mol. The molecule has 0 heterocycles. The average Bonchev–Trinajstić information content (AvgIpc) is 2.16. The summed E-state index contributed by atoms with van der Waals surface area (Å²) in [5.41, 5.74) is 2.97. The van der Waals surface area contributed by atoms with Gasteiger partial charge < -0.3 is 5.11 Å². The lowest BCUT2D eigenvalue weighted by Crippen LogP contribution is -2.53. The first-order valence-corrected chi connectivity index (χ1v) is 5.66. The van der Waals surface area contributed by atoms with Crippen molar-refractivity contribution < 1.29 is 5.11 Å². The fraction of sp³-hybridized carbons (Fsp3) is 0.571. The van der Waals surface area contributed by atoms with Gasteiger partial charge in [0, 0.05) is 5.41 Å². The van der Waals surface area contributed by atoms with Gasteiger partial charge in [0.2, 0.25) is 0 Å². The summed E-state index contributed by atoms with van der Waals surface area (Å²) in [7, 11) is 0. The molecule has 1 atom stereocenters. The zero-order valence-electron chi connectivity index (χ0n) is 10.3. The SMILES string of the molecule is CC(C)c1ccc2c(c1)C(C)(C)C2(C)O. The Labute approximate surface area is 92.1 Å². The van der Waals surface area contributed by atoms with Crippen LogP contribution < -0.4 is 0 Å². The van der Waals surface area contributed by atoms with Gasteiger partial charge in [-0.1, -0.05) is 45.9 Å².